The van der Waals surface area contributed by atoms with Crippen molar-refractivity contribution in [3.05, 3.63) is 88.2 Å². The largest absolute Gasteiger partial charge is 0.388 e. The molecule has 2 aromatic rings. The lowest BCUT2D eigenvalue weighted by atomic mass is 9.88. The van der Waals surface area contributed by atoms with Gasteiger partial charge in [-0.05, 0) is 76.5 Å². The minimum atomic E-state index is -1.96. The lowest BCUT2D eigenvalue weighted by Gasteiger charge is -2.38. The van der Waals surface area contributed by atoms with Crippen molar-refractivity contribution in [2.45, 2.75) is 20.0 Å². The number of fused-ring (bicyclic) bond motifs is 2. The number of nitrogens with one attached hydrogen (secondary N) is 1. The second kappa shape index (κ2) is 7.74. The summed E-state index contributed by atoms with van der Waals surface area (Å²) < 4.78 is 0. The van der Waals surface area contributed by atoms with Crippen LogP contribution in [0.5, 0.6) is 0 Å². The first kappa shape index (κ1) is 20.1. The zero-order valence-electron chi connectivity index (χ0n) is 17.3. The normalized spacial score (nSPS) is 16.5. The van der Waals surface area contributed by atoms with E-state index in [2.05, 4.69) is 73.5 Å². The molecule has 0 spiro atoms. The van der Waals surface area contributed by atoms with Gasteiger partial charge in [-0.2, -0.15) is 0 Å². The molecule has 4 rings (SSSR count). The molecule has 0 saturated heterocycles. The van der Waals surface area contributed by atoms with Crippen molar-refractivity contribution in [1.82, 2.24) is 0 Å². The summed E-state index contributed by atoms with van der Waals surface area (Å²) in [4.78, 5) is 12.2. The van der Waals surface area contributed by atoms with E-state index in [1.807, 2.05) is 19.2 Å². The summed E-state index contributed by atoms with van der Waals surface area (Å²) in [6.07, 6.45) is 5.60. The van der Waals surface area contributed by atoms with Crippen LogP contribution in [0.3, 0.4) is 0 Å². The van der Waals surface area contributed by atoms with Crippen molar-refractivity contribution < 1.29 is 4.79 Å². The van der Waals surface area contributed by atoms with Gasteiger partial charge >= 0.3 is 0 Å². The van der Waals surface area contributed by atoms with E-state index < -0.39 is 8.07 Å². The molecule has 0 aromatic heterocycles. The van der Waals surface area contributed by atoms with Crippen molar-refractivity contribution in [3.8, 4) is 0 Å². The molecule has 2 aliphatic rings. The Morgan fingerprint density at radius 3 is 2.36 bits per heavy atom. The average molecular weight is 389 g/mol. The SMILES string of the molecule is CN.CNc1ccc2c(c1)[Si](C)(C)C1=CC(=O)C=CC1=C2c1ccccc1C. The third-order valence-corrected chi connectivity index (χ3v) is 9.12. The van der Waals surface area contributed by atoms with Gasteiger partial charge in [-0.25, -0.2) is 0 Å². The smallest absolute Gasteiger partial charge is 0.178 e. The first-order valence-corrected chi connectivity index (χ1v) is 12.6. The molecule has 0 amide bonds. The first-order chi connectivity index (χ1) is 13.4. The Hall–Kier alpha value is -2.69. The van der Waals surface area contributed by atoms with Gasteiger partial charge in [-0.1, -0.05) is 49.5 Å². The van der Waals surface area contributed by atoms with E-state index in [0.717, 1.165) is 5.69 Å². The van der Waals surface area contributed by atoms with Crippen LogP contribution in [0.1, 0.15) is 16.7 Å². The molecule has 0 saturated carbocycles. The van der Waals surface area contributed by atoms with Crippen molar-refractivity contribution in [2.24, 2.45) is 5.73 Å². The molecular weight excluding hydrogens is 360 g/mol. The van der Waals surface area contributed by atoms with E-state index in [-0.39, 0.29) is 5.78 Å². The summed E-state index contributed by atoms with van der Waals surface area (Å²) >= 11 is 0. The number of hydrogen-bond donors (Lipinski definition) is 2. The fraction of sp³-hybridized carbons (Fsp3) is 0.208. The fourth-order valence-corrected chi connectivity index (χ4v) is 7.20. The van der Waals surface area contributed by atoms with Gasteiger partial charge in [0.2, 0.25) is 0 Å². The maximum atomic E-state index is 12.2. The molecule has 3 N–H and O–H groups in total. The number of nitrogens with two attached hydrogens (primary N) is 1. The van der Waals surface area contributed by atoms with Crippen LogP contribution in [0.2, 0.25) is 13.1 Å². The molecule has 4 heteroatoms. The predicted molar refractivity (Wildman–Crippen MR) is 123 cm³/mol. The van der Waals surface area contributed by atoms with Gasteiger partial charge in [-0.15, -0.1) is 0 Å². The number of anilines is 1. The molecule has 0 unspecified atom stereocenters. The van der Waals surface area contributed by atoms with Gasteiger partial charge in [0.25, 0.3) is 0 Å². The lowest BCUT2D eigenvalue weighted by molar-refractivity contribution is -0.110. The highest BCUT2D eigenvalue weighted by molar-refractivity contribution is 6.98. The summed E-state index contributed by atoms with van der Waals surface area (Å²) in [6, 6.07) is 15.2. The van der Waals surface area contributed by atoms with Crippen molar-refractivity contribution in [3.63, 3.8) is 0 Å². The van der Waals surface area contributed by atoms with Gasteiger partial charge in [0, 0.05) is 12.7 Å². The molecule has 0 atom stereocenters. The summed E-state index contributed by atoms with van der Waals surface area (Å²) in [7, 11) is 1.49. The topological polar surface area (TPSA) is 55.1 Å². The molecule has 28 heavy (non-hydrogen) atoms. The Kier molecular flexibility index (Phi) is 5.54. The van der Waals surface area contributed by atoms with Gasteiger partial charge < -0.3 is 11.1 Å². The third-order valence-electron chi connectivity index (χ3n) is 5.60. The highest BCUT2D eigenvalue weighted by Crippen LogP contribution is 2.42. The van der Waals surface area contributed by atoms with Gasteiger partial charge in [0.15, 0.2) is 5.78 Å². The zero-order valence-corrected chi connectivity index (χ0v) is 18.3. The maximum Gasteiger partial charge on any atom is 0.178 e. The van der Waals surface area contributed by atoms with Crippen LogP contribution in [-0.4, -0.2) is 28.0 Å². The molecule has 1 heterocycles. The molecule has 0 radical (unpaired) electrons. The Morgan fingerprint density at radius 1 is 0.964 bits per heavy atom. The lowest BCUT2D eigenvalue weighted by Crippen LogP contribution is -2.49. The van der Waals surface area contributed by atoms with Crippen LogP contribution in [0.4, 0.5) is 5.69 Å². The molecule has 3 nitrogen and oxygen atoms in total. The Morgan fingerprint density at radius 2 is 1.68 bits per heavy atom. The van der Waals surface area contributed by atoms with E-state index in [0.29, 0.717) is 0 Å². The van der Waals surface area contributed by atoms with Gasteiger partial charge in [0.05, 0.1) is 0 Å². The number of carbonyl (C=O) groups excluding carboxylic acids is 1. The molecule has 1 aliphatic heterocycles. The van der Waals surface area contributed by atoms with Crippen molar-refractivity contribution in [2.75, 3.05) is 19.4 Å². The molecule has 2 aromatic carbocycles. The number of rotatable bonds is 2. The Balaban J connectivity index is 0.00000109. The third kappa shape index (κ3) is 3.19. The maximum absolute atomic E-state index is 12.2. The molecule has 0 bridgehead atoms. The van der Waals surface area contributed by atoms with E-state index >= 15 is 0 Å². The second-order valence-electron chi connectivity index (χ2n) is 7.53. The van der Waals surface area contributed by atoms with Crippen molar-refractivity contribution >= 4 is 30.3 Å². The molecule has 144 valence electrons. The Bertz CT molecular complexity index is 1030. The summed E-state index contributed by atoms with van der Waals surface area (Å²) in [5.74, 6) is 0.0988. The van der Waals surface area contributed by atoms with Crippen LogP contribution in [-0.2, 0) is 4.79 Å². The van der Waals surface area contributed by atoms with Crippen LogP contribution < -0.4 is 16.2 Å². The van der Waals surface area contributed by atoms with E-state index in [9.17, 15) is 4.79 Å². The highest BCUT2D eigenvalue weighted by atomic mass is 28.3. The highest BCUT2D eigenvalue weighted by Gasteiger charge is 2.39. The number of benzene rings is 2. The predicted octanol–water partition coefficient (Wildman–Crippen LogP) is 3.95. The van der Waals surface area contributed by atoms with Crippen molar-refractivity contribution in [1.29, 1.82) is 0 Å². The first-order valence-electron chi connectivity index (χ1n) is 9.58. The molecule has 0 fully saturated rings. The van der Waals surface area contributed by atoms with Crippen LogP contribution in [0, 0.1) is 6.92 Å². The number of aryl methyl sites for hydroxylation is 1. The minimum absolute atomic E-state index is 0.0988. The van der Waals surface area contributed by atoms with E-state index in [1.54, 1.807) is 6.08 Å². The second-order valence-corrected chi connectivity index (χ2v) is 11.9. The number of allylic oxidation sites excluding steroid dienone is 5. The Labute approximate surface area is 168 Å². The summed E-state index contributed by atoms with van der Waals surface area (Å²) in [6.45, 7) is 6.85. The van der Waals surface area contributed by atoms with Crippen LogP contribution >= 0.6 is 0 Å². The number of carbonyl (C=O) groups is 1. The summed E-state index contributed by atoms with van der Waals surface area (Å²) in [5, 5.41) is 5.90. The quantitative estimate of drug-likeness (QED) is 0.766. The fourth-order valence-electron chi connectivity index (χ4n) is 4.13. The van der Waals surface area contributed by atoms with Crippen LogP contribution in [0.15, 0.2) is 71.5 Å². The van der Waals surface area contributed by atoms with Crippen LogP contribution in [0.25, 0.3) is 5.57 Å². The van der Waals surface area contributed by atoms with Gasteiger partial charge in [-0.3, -0.25) is 4.79 Å². The molecular formula is C24H28N2OSi. The average Bonchev–Trinajstić information content (AvgIpc) is 2.71. The van der Waals surface area contributed by atoms with E-state index in [1.165, 1.54) is 45.3 Å². The number of ketones is 1. The van der Waals surface area contributed by atoms with Gasteiger partial charge in [0.1, 0.15) is 8.07 Å². The minimum Gasteiger partial charge on any atom is -0.388 e. The standard InChI is InChI=1S/C23H23NOSi.CH5N/c1-15-7-5-6-8-18(15)23-19-11-9-16(24-2)13-21(19)26(3,4)22-14-17(25)10-12-20(22)23;1-2/h5-14,24H,1-4H3;2H2,1H3. The number of hydrogen-bond acceptors (Lipinski definition) is 3. The summed E-state index contributed by atoms with van der Waals surface area (Å²) in [5.41, 5.74) is 11.9. The zero-order chi connectivity index (χ0) is 20.5. The monoisotopic (exact) mass is 388 g/mol. The molecule has 1 aliphatic carbocycles. The van der Waals surface area contributed by atoms with E-state index in [4.69, 9.17) is 0 Å².